The molecule has 1 aromatic heterocycles. The van der Waals surface area contributed by atoms with Crippen LogP contribution in [0.3, 0.4) is 0 Å². The van der Waals surface area contributed by atoms with Gasteiger partial charge in [0.1, 0.15) is 0 Å². The quantitative estimate of drug-likeness (QED) is 0.394. The molecule has 8 heteroatoms. The molecule has 0 unspecified atom stereocenters. The number of carbonyl (C=O) groups is 2. The van der Waals surface area contributed by atoms with Crippen molar-refractivity contribution in [3.63, 3.8) is 0 Å². The summed E-state index contributed by atoms with van der Waals surface area (Å²) in [6.45, 7) is 7.85. The molecule has 33 heavy (non-hydrogen) atoms. The number of hydrogen-bond acceptors (Lipinski definition) is 4. The van der Waals surface area contributed by atoms with Crippen LogP contribution in [-0.4, -0.2) is 27.6 Å². The molecular weight excluding hydrogens is 416 g/mol. The smallest absolute Gasteiger partial charge is 0.257 e. The fourth-order valence-electron chi connectivity index (χ4n) is 3.48. The number of hydrogen-bond donors (Lipinski definition) is 3. The Kier molecular flexibility index (Phi) is 7.61. The summed E-state index contributed by atoms with van der Waals surface area (Å²) >= 11 is 0. The van der Waals surface area contributed by atoms with Crippen molar-refractivity contribution in [3.05, 3.63) is 76.6 Å². The molecule has 0 aliphatic heterocycles. The molecule has 0 spiro atoms. The molecule has 2 amide bonds. The molecule has 0 saturated heterocycles. The van der Waals surface area contributed by atoms with Gasteiger partial charge in [0.05, 0.1) is 12.2 Å². The Labute approximate surface area is 194 Å². The Balaban J connectivity index is 1.85. The van der Waals surface area contributed by atoms with Crippen molar-refractivity contribution >= 4 is 29.1 Å². The highest BCUT2D eigenvalue weighted by molar-refractivity contribution is 6.10. The third-order valence-corrected chi connectivity index (χ3v) is 5.40. The van der Waals surface area contributed by atoms with E-state index in [0.717, 1.165) is 34.6 Å². The highest BCUT2D eigenvalue weighted by Crippen LogP contribution is 2.17. The molecule has 3 rings (SSSR count). The van der Waals surface area contributed by atoms with Gasteiger partial charge in [0.2, 0.25) is 11.9 Å². The highest BCUT2D eigenvalue weighted by atomic mass is 16.2. The van der Waals surface area contributed by atoms with Crippen LogP contribution in [0.2, 0.25) is 0 Å². The number of benzene rings is 2. The summed E-state index contributed by atoms with van der Waals surface area (Å²) in [4.78, 5) is 28.9. The van der Waals surface area contributed by atoms with E-state index in [1.807, 2.05) is 49.8 Å². The molecule has 2 aromatic carbocycles. The van der Waals surface area contributed by atoms with Crippen LogP contribution in [0.25, 0.3) is 0 Å². The van der Waals surface area contributed by atoms with Gasteiger partial charge in [0, 0.05) is 42.2 Å². The maximum absolute atomic E-state index is 12.9. The van der Waals surface area contributed by atoms with Gasteiger partial charge in [0.25, 0.3) is 5.91 Å². The second-order valence-electron chi connectivity index (χ2n) is 7.79. The monoisotopic (exact) mass is 446 g/mol. The van der Waals surface area contributed by atoms with Gasteiger partial charge >= 0.3 is 0 Å². The van der Waals surface area contributed by atoms with Crippen LogP contribution in [0.15, 0.2) is 53.5 Å². The number of aromatic nitrogens is 2. The summed E-state index contributed by atoms with van der Waals surface area (Å²) < 4.78 is 1.83. The molecular formula is C25H30N6O2. The van der Waals surface area contributed by atoms with Gasteiger partial charge in [0.15, 0.2) is 0 Å². The molecule has 0 radical (unpaired) electrons. The van der Waals surface area contributed by atoms with E-state index in [9.17, 15) is 9.59 Å². The normalized spacial score (nSPS) is 11.2. The van der Waals surface area contributed by atoms with Crippen molar-refractivity contribution in [1.82, 2.24) is 15.1 Å². The molecule has 8 nitrogen and oxygen atoms in total. The molecule has 0 aliphatic rings. The maximum Gasteiger partial charge on any atom is 0.257 e. The van der Waals surface area contributed by atoms with Gasteiger partial charge in [-0.3, -0.25) is 19.6 Å². The van der Waals surface area contributed by atoms with Crippen molar-refractivity contribution in [2.24, 2.45) is 12.0 Å². The number of aliphatic imine (C=N–C) groups is 1. The summed E-state index contributed by atoms with van der Waals surface area (Å²) in [7, 11) is 1.90. The van der Waals surface area contributed by atoms with Gasteiger partial charge in [-0.2, -0.15) is 5.10 Å². The summed E-state index contributed by atoms with van der Waals surface area (Å²) in [5, 5.41) is 13.3. The number of anilines is 2. The van der Waals surface area contributed by atoms with Crippen LogP contribution in [0.1, 0.15) is 46.7 Å². The Morgan fingerprint density at radius 1 is 1.03 bits per heavy atom. The fraction of sp³-hybridized carbons (Fsp3) is 0.280. The predicted octanol–water partition coefficient (Wildman–Crippen LogP) is 3.96. The zero-order chi connectivity index (χ0) is 24.0. The molecule has 0 atom stereocenters. The van der Waals surface area contributed by atoms with E-state index in [2.05, 4.69) is 33.0 Å². The Hall–Kier alpha value is -3.94. The first-order valence-corrected chi connectivity index (χ1v) is 10.9. The first-order chi connectivity index (χ1) is 15.8. The standard InChI is InChI=1S/C25H30N6O2/c1-6-19-9-7-8-10-23(19)28-25(26-15-22-16(2)30-31(5)17(22)3)29-24(33)20-11-13-21(14-12-20)27-18(4)32/h7-14H,6,15H2,1-5H3,(H,27,32)(H2,26,28,29,33). The van der Waals surface area contributed by atoms with Crippen molar-refractivity contribution in [2.45, 2.75) is 40.7 Å². The lowest BCUT2D eigenvalue weighted by molar-refractivity contribution is -0.114. The van der Waals surface area contributed by atoms with Crippen LogP contribution in [-0.2, 0) is 24.8 Å². The first kappa shape index (κ1) is 23.7. The average molecular weight is 447 g/mol. The van der Waals surface area contributed by atoms with Crippen LogP contribution in [0.4, 0.5) is 11.4 Å². The third-order valence-electron chi connectivity index (χ3n) is 5.40. The summed E-state index contributed by atoms with van der Waals surface area (Å²) in [5.41, 5.74) is 6.06. The lowest BCUT2D eigenvalue weighted by Crippen LogP contribution is -2.36. The second-order valence-corrected chi connectivity index (χ2v) is 7.79. The van der Waals surface area contributed by atoms with Gasteiger partial charge in [-0.05, 0) is 56.2 Å². The molecule has 172 valence electrons. The number of carbonyl (C=O) groups excluding carboxylic acids is 2. The zero-order valence-electron chi connectivity index (χ0n) is 19.7. The van der Waals surface area contributed by atoms with Crippen LogP contribution < -0.4 is 16.0 Å². The van der Waals surface area contributed by atoms with Gasteiger partial charge in [-0.25, -0.2) is 4.99 Å². The molecule has 0 aliphatic carbocycles. The van der Waals surface area contributed by atoms with Gasteiger partial charge < -0.3 is 10.6 Å². The van der Waals surface area contributed by atoms with E-state index in [0.29, 0.717) is 23.8 Å². The van der Waals surface area contributed by atoms with Crippen molar-refractivity contribution in [2.75, 3.05) is 10.6 Å². The minimum atomic E-state index is -0.302. The summed E-state index contributed by atoms with van der Waals surface area (Å²) in [6, 6.07) is 14.6. The lowest BCUT2D eigenvalue weighted by atomic mass is 10.1. The van der Waals surface area contributed by atoms with Crippen LogP contribution in [0.5, 0.6) is 0 Å². The number of nitrogens with zero attached hydrogens (tertiary/aromatic N) is 3. The number of rotatable bonds is 6. The SMILES string of the molecule is CCc1ccccc1NC(=NCc1c(C)nn(C)c1C)NC(=O)c1ccc(NC(C)=O)cc1. The van der Waals surface area contributed by atoms with Crippen LogP contribution in [0, 0.1) is 13.8 Å². The fourth-order valence-corrected chi connectivity index (χ4v) is 3.48. The Bertz CT molecular complexity index is 1180. The minimum absolute atomic E-state index is 0.165. The lowest BCUT2D eigenvalue weighted by Gasteiger charge is -2.15. The predicted molar refractivity (Wildman–Crippen MR) is 131 cm³/mol. The zero-order valence-corrected chi connectivity index (χ0v) is 19.7. The number of para-hydroxylation sites is 1. The van der Waals surface area contributed by atoms with E-state index in [-0.39, 0.29) is 11.8 Å². The topological polar surface area (TPSA) is 100 Å². The summed E-state index contributed by atoms with van der Waals surface area (Å²) in [5.74, 6) is -0.111. The number of aryl methyl sites for hydroxylation is 3. The summed E-state index contributed by atoms with van der Waals surface area (Å²) in [6.07, 6.45) is 0.843. The molecule has 0 fully saturated rings. The highest BCUT2D eigenvalue weighted by Gasteiger charge is 2.13. The van der Waals surface area contributed by atoms with Crippen molar-refractivity contribution < 1.29 is 9.59 Å². The molecule has 0 bridgehead atoms. The Morgan fingerprint density at radius 2 is 1.73 bits per heavy atom. The van der Waals surface area contributed by atoms with Gasteiger partial charge in [-0.1, -0.05) is 25.1 Å². The number of guanidine groups is 1. The maximum atomic E-state index is 12.9. The Morgan fingerprint density at radius 3 is 2.33 bits per heavy atom. The van der Waals surface area contributed by atoms with E-state index in [1.54, 1.807) is 24.3 Å². The van der Waals surface area contributed by atoms with E-state index in [1.165, 1.54) is 6.92 Å². The van der Waals surface area contributed by atoms with Crippen LogP contribution >= 0.6 is 0 Å². The number of nitrogens with one attached hydrogen (secondary N) is 3. The van der Waals surface area contributed by atoms with Crippen molar-refractivity contribution in [1.29, 1.82) is 0 Å². The van der Waals surface area contributed by atoms with Crippen molar-refractivity contribution in [3.8, 4) is 0 Å². The first-order valence-electron chi connectivity index (χ1n) is 10.9. The molecule has 0 saturated carbocycles. The third kappa shape index (κ3) is 6.06. The molecule has 1 heterocycles. The van der Waals surface area contributed by atoms with Gasteiger partial charge in [-0.15, -0.1) is 0 Å². The second kappa shape index (κ2) is 10.6. The largest absolute Gasteiger partial charge is 0.326 e. The molecule has 3 N–H and O–H groups in total. The van der Waals surface area contributed by atoms with E-state index >= 15 is 0 Å². The van der Waals surface area contributed by atoms with E-state index < -0.39 is 0 Å². The molecule has 3 aromatic rings. The number of amides is 2. The van der Waals surface area contributed by atoms with E-state index in [4.69, 9.17) is 0 Å². The minimum Gasteiger partial charge on any atom is -0.326 e. The average Bonchev–Trinajstić information content (AvgIpc) is 3.03.